The Balaban J connectivity index is 2.82. The van der Waals surface area contributed by atoms with E-state index in [9.17, 15) is 0 Å². The molecule has 0 aliphatic carbocycles. The molecule has 1 heterocycles. The molecule has 0 saturated heterocycles. The van der Waals surface area contributed by atoms with Gasteiger partial charge in [0.25, 0.3) is 0 Å². The van der Waals surface area contributed by atoms with Crippen LogP contribution in [0.25, 0.3) is 0 Å². The summed E-state index contributed by atoms with van der Waals surface area (Å²) in [5.74, 6) is 2.09. The highest BCUT2D eigenvalue weighted by molar-refractivity contribution is 9.09. The minimum absolute atomic E-state index is 0.458. The average Bonchev–Trinajstić information content (AvgIpc) is 2.52. The Labute approximate surface area is 105 Å². The lowest BCUT2D eigenvalue weighted by Gasteiger charge is -2.20. The molecule has 0 aliphatic heterocycles. The van der Waals surface area contributed by atoms with Crippen LogP contribution in [-0.2, 0) is 6.42 Å². The van der Waals surface area contributed by atoms with Crippen molar-refractivity contribution in [2.24, 2.45) is 5.92 Å². The van der Waals surface area contributed by atoms with Gasteiger partial charge in [0.2, 0.25) is 0 Å². The Kier molecular flexibility index (Phi) is 5.19. The summed E-state index contributed by atoms with van der Waals surface area (Å²) < 4.78 is 4.40. The Morgan fingerprint density at radius 2 is 2.00 bits per heavy atom. The summed E-state index contributed by atoms with van der Waals surface area (Å²) in [4.78, 5) is 5.08. The van der Waals surface area contributed by atoms with E-state index >= 15 is 0 Å². The highest BCUT2D eigenvalue weighted by Gasteiger charge is 2.24. The molecule has 4 heteroatoms. The largest absolute Gasteiger partial charge is 0.224 e. The van der Waals surface area contributed by atoms with Crippen LogP contribution in [0.2, 0.25) is 0 Å². The van der Waals surface area contributed by atoms with Gasteiger partial charge in [-0.1, -0.05) is 43.6 Å². The third kappa shape index (κ3) is 3.52. The predicted octanol–water partition coefficient (Wildman–Crippen LogP) is 4.01. The van der Waals surface area contributed by atoms with Gasteiger partial charge in [0.1, 0.15) is 10.8 Å². The third-order valence-electron chi connectivity index (χ3n) is 2.46. The molecule has 0 spiro atoms. The van der Waals surface area contributed by atoms with Gasteiger partial charge in [-0.15, -0.1) is 0 Å². The molecule has 0 aliphatic rings. The standard InChI is InChI=1S/C11H19BrN2S/c1-5-6-9-13-11(15-14-9)10(7(2)3)8(4)12/h7-8,10H,5-6H2,1-4H3. The molecule has 0 radical (unpaired) electrons. The van der Waals surface area contributed by atoms with Crippen molar-refractivity contribution in [1.29, 1.82) is 0 Å². The zero-order valence-corrected chi connectivity index (χ0v) is 12.2. The van der Waals surface area contributed by atoms with Gasteiger partial charge in [-0.3, -0.25) is 0 Å². The van der Waals surface area contributed by atoms with Gasteiger partial charge >= 0.3 is 0 Å². The van der Waals surface area contributed by atoms with Crippen LogP contribution in [0.4, 0.5) is 0 Å². The van der Waals surface area contributed by atoms with Crippen LogP contribution >= 0.6 is 27.5 Å². The number of aromatic nitrogens is 2. The summed E-state index contributed by atoms with van der Waals surface area (Å²) >= 11 is 5.23. The zero-order chi connectivity index (χ0) is 11.4. The van der Waals surface area contributed by atoms with Gasteiger partial charge in [0.15, 0.2) is 0 Å². The molecule has 0 fully saturated rings. The van der Waals surface area contributed by atoms with Gasteiger partial charge in [-0.25, -0.2) is 4.98 Å². The number of aryl methyl sites for hydroxylation is 1. The van der Waals surface area contributed by atoms with Crippen LogP contribution in [0.3, 0.4) is 0 Å². The Bertz CT molecular complexity index is 289. The molecule has 2 unspecified atom stereocenters. The molecule has 86 valence electrons. The van der Waals surface area contributed by atoms with E-state index in [-0.39, 0.29) is 0 Å². The van der Waals surface area contributed by atoms with Gasteiger partial charge in [-0.05, 0) is 23.9 Å². The van der Waals surface area contributed by atoms with E-state index in [4.69, 9.17) is 0 Å². The molecule has 1 aromatic rings. The average molecular weight is 291 g/mol. The number of halogens is 1. The fourth-order valence-electron chi connectivity index (χ4n) is 1.74. The molecule has 0 bridgehead atoms. The van der Waals surface area contributed by atoms with Crippen LogP contribution < -0.4 is 0 Å². The number of alkyl halides is 1. The van der Waals surface area contributed by atoms with Crippen LogP contribution in [0, 0.1) is 5.92 Å². The fourth-order valence-corrected chi connectivity index (χ4v) is 3.85. The van der Waals surface area contributed by atoms with Crippen molar-refractivity contribution >= 4 is 27.5 Å². The lowest BCUT2D eigenvalue weighted by atomic mass is 9.94. The first-order chi connectivity index (χ1) is 7.06. The summed E-state index contributed by atoms with van der Waals surface area (Å²) in [6.07, 6.45) is 2.12. The van der Waals surface area contributed by atoms with Gasteiger partial charge in [-0.2, -0.15) is 4.37 Å². The second kappa shape index (κ2) is 5.94. The van der Waals surface area contributed by atoms with Crippen LogP contribution in [0.1, 0.15) is 50.9 Å². The minimum Gasteiger partial charge on any atom is -0.224 e. The van der Waals surface area contributed by atoms with Crippen LogP contribution in [-0.4, -0.2) is 14.2 Å². The van der Waals surface area contributed by atoms with Gasteiger partial charge < -0.3 is 0 Å². The molecule has 2 atom stereocenters. The number of rotatable bonds is 5. The fraction of sp³-hybridized carbons (Fsp3) is 0.818. The Morgan fingerprint density at radius 3 is 2.47 bits per heavy atom. The highest BCUT2D eigenvalue weighted by Crippen LogP contribution is 2.32. The minimum atomic E-state index is 0.458. The molecule has 2 nitrogen and oxygen atoms in total. The van der Waals surface area contributed by atoms with Crippen molar-refractivity contribution in [3.05, 3.63) is 10.8 Å². The van der Waals surface area contributed by atoms with Crippen molar-refractivity contribution < 1.29 is 0 Å². The maximum Gasteiger partial charge on any atom is 0.142 e. The van der Waals surface area contributed by atoms with Gasteiger partial charge in [0.05, 0.1) is 0 Å². The molecule has 1 rings (SSSR count). The summed E-state index contributed by atoms with van der Waals surface area (Å²) in [6.45, 7) is 8.83. The molecular formula is C11H19BrN2S. The normalized spacial score (nSPS) is 15.6. The van der Waals surface area contributed by atoms with Crippen molar-refractivity contribution in [2.75, 3.05) is 0 Å². The van der Waals surface area contributed by atoms with E-state index in [2.05, 4.69) is 53.0 Å². The first-order valence-electron chi connectivity index (χ1n) is 5.52. The second-order valence-corrected chi connectivity index (χ2v) is 6.47. The number of hydrogen-bond acceptors (Lipinski definition) is 3. The predicted molar refractivity (Wildman–Crippen MR) is 69.9 cm³/mol. The summed E-state index contributed by atoms with van der Waals surface area (Å²) in [5.41, 5.74) is 0. The molecule has 1 aromatic heterocycles. The van der Waals surface area contributed by atoms with E-state index in [0.29, 0.717) is 16.7 Å². The smallest absolute Gasteiger partial charge is 0.142 e. The lowest BCUT2D eigenvalue weighted by Crippen LogP contribution is -2.15. The molecule has 0 amide bonds. The zero-order valence-electron chi connectivity index (χ0n) is 9.83. The third-order valence-corrected chi connectivity index (χ3v) is 3.88. The quantitative estimate of drug-likeness (QED) is 0.766. The van der Waals surface area contributed by atoms with Crippen molar-refractivity contribution in [2.45, 2.75) is 51.3 Å². The molecule has 0 aromatic carbocycles. The van der Waals surface area contributed by atoms with Crippen LogP contribution in [0.5, 0.6) is 0 Å². The van der Waals surface area contributed by atoms with Crippen LogP contribution in [0.15, 0.2) is 0 Å². The van der Waals surface area contributed by atoms with E-state index < -0.39 is 0 Å². The lowest BCUT2D eigenvalue weighted by molar-refractivity contribution is 0.495. The highest BCUT2D eigenvalue weighted by atomic mass is 79.9. The molecule has 0 N–H and O–H groups in total. The number of hydrogen-bond donors (Lipinski definition) is 0. The second-order valence-electron chi connectivity index (χ2n) is 4.25. The van der Waals surface area contributed by atoms with Crippen molar-refractivity contribution in [1.82, 2.24) is 9.36 Å². The maximum atomic E-state index is 4.62. The summed E-state index contributed by atoms with van der Waals surface area (Å²) in [5, 5.41) is 1.18. The summed E-state index contributed by atoms with van der Waals surface area (Å²) in [7, 11) is 0. The topological polar surface area (TPSA) is 25.8 Å². The van der Waals surface area contributed by atoms with E-state index in [1.807, 2.05) is 0 Å². The Hall–Kier alpha value is 0.0400. The molecular weight excluding hydrogens is 272 g/mol. The molecule has 0 saturated carbocycles. The Morgan fingerprint density at radius 1 is 1.33 bits per heavy atom. The number of nitrogens with zero attached hydrogens (tertiary/aromatic N) is 2. The van der Waals surface area contributed by atoms with E-state index in [1.165, 1.54) is 5.01 Å². The first kappa shape index (κ1) is 13.1. The molecule has 15 heavy (non-hydrogen) atoms. The maximum absolute atomic E-state index is 4.62. The first-order valence-corrected chi connectivity index (χ1v) is 7.21. The monoisotopic (exact) mass is 290 g/mol. The van der Waals surface area contributed by atoms with Crippen molar-refractivity contribution in [3.63, 3.8) is 0 Å². The van der Waals surface area contributed by atoms with Crippen molar-refractivity contribution in [3.8, 4) is 0 Å². The SMILES string of the molecule is CCCc1nsc(C(C(C)C)C(C)Br)n1. The van der Waals surface area contributed by atoms with E-state index in [1.54, 1.807) is 11.5 Å². The van der Waals surface area contributed by atoms with E-state index in [0.717, 1.165) is 18.7 Å². The van der Waals surface area contributed by atoms with Gasteiger partial charge in [0, 0.05) is 17.2 Å². The summed E-state index contributed by atoms with van der Waals surface area (Å²) in [6, 6.07) is 0.